The SMILES string of the molecule is CC(C)=CCC[C@@H](C)OC(=O)C[NH+]1CCCCC1. The fraction of sp³-hybridized carbons (Fsp3) is 0.800. The van der Waals surface area contributed by atoms with Gasteiger partial charge in [-0.25, -0.2) is 4.79 Å². The Kier molecular flexibility index (Phi) is 7.02. The van der Waals surface area contributed by atoms with Crippen LogP contribution in [0.15, 0.2) is 11.6 Å². The monoisotopic (exact) mass is 254 g/mol. The number of esters is 1. The van der Waals surface area contributed by atoms with Crippen LogP contribution in [0.3, 0.4) is 0 Å². The third kappa shape index (κ3) is 6.80. The zero-order chi connectivity index (χ0) is 13.4. The minimum absolute atomic E-state index is 0.0309. The first-order chi connectivity index (χ1) is 8.58. The number of nitrogens with one attached hydrogen (secondary N) is 1. The van der Waals surface area contributed by atoms with Gasteiger partial charge in [-0.05, 0) is 52.9 Å². The largest absolute Gasteiger partial charge is 0.459 e. The van der Waals surface area contributed by atoms with Crippen molar-refractivity contribution in [1.29, 1.82) is 0 Å². The Morgan fingerprint density at radius 3 is 2.56 bits per heavy atom. The summed E-state index contributed by atoms with van der Waals surface area (Å²) in [7, 11) is 0. The third-order valence-corrected chi connectivity index (χ3v) is 3.41. The quantitative estimate of drug-likeness (QED) is 0.578. The van der Waals surface area contributed by atoms with Crippen LogP contribution in [0.1, 0.15) is 52.9 Å². The molecular formula is C15H28NO2+. The van der Waals surface area contributed by atoms with Gasteiger partial charge in [-0.2, -0.15) is 0 Å². The molecule has 104 valence electrons. The molecule has 3 heteroatoms. The zero-order valence-corrected chi connectivity index (χ0v) is 12.1. The highest BCUT2D eigenvalue weighted by Crippen LogP contribution is 2.04. The molecule has 3 nitrogen and oxygen atoms in total. The molecule has 0 amide bonds. The Balaban J connectivity index is 2.16. The van der Waals surface area contributed by atoms with Gasteiger partial charge in [0.2, 0.25) is 0 Å². The third-order valence-electron chi connectivity index (χ3n) is 3.41. The first kappa shape index (κ1) is 15.2. The summed E-state index contributed by atoms with van der Waals surface area (Å²) < 4.78 is 5.45. The van der Waals surface area contributed by atoms with Crippen molar-refractivity contribution < 1.29 is 14.4 Å². The lowest BCUT2D eigenvalue weighted by atomic mass is 10.1. The van der Waals surface area contributed by atoms with Crippen LogP contribution in [-0.4, -0.2) is 31.7 Å². The standard InChI is InChI=1S/C15H27NO2/c1-13(2)8-7-9-14(3)18-15(17)12-16-10-5-4-6-11-16/h8,14H,4-7,9-12H2,1-3H3/p+1/t14-/m1/s1. The zero-order valence-electron chi connectivity index (χ0n) is 12.1. The van der Waals surface area contributed by atoms with E-state index in [0.717, 1.165) is 25.9 Å². The molecule has 0 spiro atoms. The maximum atomic E-state index is 11.8. The highest BCUT2D eigenvalue weighted by Gasteiger charge is 2.19. The topological polar surface area (TPSA) is 30.7 Å². The van der Waals surface area contributed by atoms with Crippen molar-refractivity contribution in [2.45, 2.75) is 59.0 Å². The summed E-state index contributed by atoms with van der Waals surface area (Å²) in [5.41, 5.74) is 1.33. The van der Waals surface area contributed by atoms with Crippen LogP contribution >= 0.6 is 0 Å². The van der Waals surface area contributed by atoms with E-state index in [1.807, 2.05) is 6.92 Å². The fourth-order valence-electron chi connectivity index (χ4n) is 2.36. The first-order valence-electron chi connectivity index (χ1n) is 7.24. The molecule has 1 saturated heterocycles. The molecular weight excluding hydrogens is 226 g/mol. The number of carbonyl (C=O) groups excluding carboxylic acids is 1. The van der Waals surface area contributed by atoms with Gasteiger partial charge < -0.3 is 9.64 Å². The number of piperidine rings is 1. The molecule has 0 unspecified atom stereocenters. The van der Waals surface area contributed by atoms with Gasteiger partial charge in [0.05, 0.1) is 19.2 Å². The maximum absolute atomic E-state index is 11.8. The first-order valence-corrected chi connectivity index (χ1v) is 7.24. The summed E-state index contributed by atoms with van der Waals surface area (Å²) >= 11 is 0. The highest BCUT2D eigenvalue weighted by atomic mass is 16.5. The number of rotatable bonds is 6. The van der Waals surface area contributed by atoms with Gasteiger partial charge in [-0.1, -0.05) is 11.6 Å². The number of quaternary nitrogens is 1. The van der Waals surface area contributed by atoms with E-state index in [0.29, 0.717) is 6.54 Å². The molecule has 1 aliphatic rings. The van der Waals surface area contributed by atoms with Crippen molar-refractivity contribution in [1.82, 2.24) is 0 Å². The van der Waals surface area contributed by atoms with Crippen molar-refractivity contribution >= 4 is 5.97 Å². The van der Waals surface area contributed by atoms with Crippen LogP contribution in [-0.2, 0) is 9.53 Å². The highest BCUT2D eigenvalue weighted by molar-refractivity contribution is 5.70. The number of ether oxygens (including phenoxy) is 1. The number of hydrogen-bond acceptors (Lipinski definition) is 2. The second kappa shape index (κ2) is 8.30. The van der Waals surface area contributed by atoms with Crippen molar-refractivity contribution in [3.63, 3.8) is 0 Å². The van der Waals surface area contributed by atoms with Crippen LogP contribution in [0.2, 0.25) is 0 Å². The molecule has 0 bridgehead atoms. The van der Waals surface area contributed by atoms with E-state index in [4.69, 9.17) is 4.74 Å². The van der Waals surface area contributed by atoms with E-state index in [2.05, 4.69) is 19.9 Å². The average Bonchev–Trinajstić information content (AvgIpc) is 2.29. The molecule has 1 atom stereocenters. The van der Waals surface area contributed by atoms with Gasteiger partial charge in [0.15, 0.2) is 6.54 Å². The Morgan fingerprint density at radius 2 is 1.94 bits per heavy atom. The van der Waals surface area contributed by atoms with Crippen molar-refractivity contribution in [3.8, 4) is 0 Å². The second-order valence-corrected chi connectivity index (χ2v) is 5.65. The van der Waals surface area contributed by atoms with Gasteiger partial charge in [0.25, 0.3) is 0 Å². The van der Waals surface area contributed by atoms with Gasteiger partial charge in [0, 0.05) is 0 Å². The van der Waals surface area contributed by atoms with E-state index < -0.39 is 0 Å². The van der Waals surface area contributed by atoms with E-state index in [9.17, 15) is 4.79 Å². The van der Waals surface area contributed by atoms with E-state index in [-0.39, 0.29) is 12.1 Å². The summed E-state index contributed by atoms with van der Waals surface area (Å²) in [5.74, 6) is -0.0309. The Labute approximate surface area is 111 Å². The fourth-order valence-corrected chi connectivity index (χ4v) is 2.36. The number of hydrogen-bond donors (Lipinski definition) is 1. The minimum Gasteiger partial charge on any atom is -0.459 e. The predicted octanol–water partition coefficient (Wildman–Crippen LogP) is 1.73. The minimum atomic E-state index is -0.0309. The molecule has 0 aromatic rings. The van der Waals surface area contributed by atoms with Crippen LogP contribution in [0.25, 0.3) is 0 Å². The molecule has 1 fully saturated rings. The predicted molar refractivity (Wildman–Crippen MR) is 73.6 cm³/mol. The normalized spacial score (nSPS) is 18.2. The summed E-state index contributed by atoms with van der Waals surface area (Å²) in [6.45, 7) is 8.98. The van der Waals surface area contributed by atoms with Gasteiger partial charge in [0.1, 0.15) is 0 Å². The summed E-state index contributed by atoms with van der Waals surface area (Å²) in [6.07, 6.45) is 7.96. The van der Waals surface area contributed by atoms with Crippen LogP contribution in [0.4, 0.5) is 0 Å². The molecule has 0 radical (unpaired) electrons. The number of carbonyl (C=O) groups is 1. The second-order valence-electron chi connectivity index (χ2n) is 5.65. The molecule has 18 heavy (non-hydrogen) atoms. The smallest absolute Gasteiger partial charge is 0.361 e. The molecule has 1 aliphatic heterocycles. The molecule has 1 N–H and O–H groups in total. The molecule has 1 rings (SSSR count). The lowest BCUT2D eigenvalue weighted by molar-refractivity contribution is -0.897. The Bertz CT molecular complexity index is 276. The van der Waals surface area contributed by atoms with Gasteiger partial charge in [-0.3, -0.25) is 0 Å². The van der Waals surface area contributed by atoms with Gasteiger partial charge in [-0.15, -0.1) is 0 Å². The molecule has 0 aromatic carbocycles. The van der Waals surface area contributed by atoms with Crippen molar-refractivity contribution in [2.24, 2.45) is 0 Å². The summed E-state index contributed by atoms with van der Waals surface area (Å²) in [6, 6.07) is 0. The summed E-state index contributed by atoms with van der Waals surface area (Å²) in [4.78, 5) is 13.2. The van der Waals surface area contributed by atoms with Gasteiger partial charge >= 0.3 is 5.97 Å². The molecule has 0 aromatic heterocycles. The average molecular weight is 254 g/mol. The van der Waals surface area contributed by atoms with Crippen LogP contribution in [0, 0.1) is 0 Å². The van der Waals surface area contributed by atoms with E-state index in [1.54, 1.807) is 0 Å². The number of allylic oxidation sites excluding steroid dienone is 2. The van der Waals surface area contributed by atoms with Crippen molar-refractivity contribution in [3.05, 3.63) is 11.6 Å². The molecule has 1 heterocycles. The van der Waals surface area contributed by atoms with Crippen molar-refractivity contribution in [2.75, 3.05) is 19.6 Å². The van der Waals surface area contributed by atoms with E-state index >= 15 is 0 Å². The summed E-state index contributed by atoms with van der Waals surface area (Å²) in [5, 5.41) is 0. The Morgan fingerprint density at radius 1 is 1.28 bits per heavy atom. The molecule has 0 saturated carbocycles. The lowest BCUT2D eigenvalue weighted by Crippen LogP contribution is -3.13. The maximum Gasteiger partial charge on any atom is 0.361 e. The molecule has 0 aliphatic carbocycles. The van der Waals surface area contributed by atoms with Crippen LogP contribution in [0.5, 0.6) is 0 Å². The lowest BCUT2D eigenvalue weighted by Gasteiger charge is -2.23. The Hall–Kier alpha value is -0.830. The van der Waals surface area contributed by atoms with Crippen LogP contribution < -0.4 is 4.90 Å². The van der Waals surface area contributed by atoms with E-state index in [1.165, 1.54) is 29.7 Å². The number of likely N-dealkylation sites (tertiary alicyclic amines) is 1.